The number of aromatic nitrogens is 2. The van der Waals surface area contributed by atoms with E-state index in [1.807, 2.05) is 34.6 Å². The summed E-state index contributed by atoms with van der Waals surface area (Å²) in [6.07, 6.45) is 1.75. The van der Waals surface area contributed by atoms with Gasteiger partial charge in [0.2, 0.25) is 0 Å². The van der Waals surface area contributed by atoms with E-state index in [-0.39, 0.29) is 17.9 Å². The molecule has 0 unspecified atom stereocenters. The zero-order valence-electron chi connectivity index (χ0n) is 16.1. The quantitative estimate of drug-likeness (QED) is 0.790. The lowest BCUT2D eigenvalue weighted by molar-refractivity contribution is 0.0637. The molecule has 28 heavy (non-hydrogen) atoms. The first-order valence-corrected chi connectivity index (χ1v) is 9.43. The van der Waals surface area contributed by atoms with E-state index in [1.165, 1.54) is 0 Å². The topological polar surface area (TPSA) is 85.7 Å². The van der Waals surface area contributed by atoms with Gasteiger partial charge in [0.05, 0.1) is 25.9 Å². The number of imidazole rings is 1. The number of methoxy groups -OCH3 is 1. The molecule has 2 aliphatic heterocycles. The van der Waals surface area contributed by atoms with Gasteiger partial charge in [0.1, 0.15) is 11.5 Å². The number of hydrogen-bond acceptors (Lipinski definition) is 5. The van der Waals surface area contributed by atoms with Crippen LogP contribution in [-0.4, -0.2) is 53.1 Å². The number of hydrogen-bond donors (Lipinski definition) is 1. The molecule has 1 aromatic carbocycles. The number of ether oxygens (including phenoxy) is 2. The number of carbonyl (C=O) groups excluding carboxylic acids is 2. The minimum absolute atomic E-state index is 0.0254. The van der Waals surface area contributed by atoms with Crippen LogP contribution >= 0.6 is 0 Å². The van der Waals surface area contributed by atoms with Gasteiger partial charge in [-0.15, -0.1) is 0 Å². The zero-order valence-corrected chi connectivity index (χ0v) is 16.1. The molecule has 3 heterocycles. The number of carbonyl (C=O) groups is 2. The molecule has 2 aromatic rings. The van der Waals surface area contributed by atoms with Gasteiger partial charge in [-0.1, -0.05) is 6.07 Å². The molecule has 0 spiro atoms. The van der Waals surface area contributed by atoms with Gasteiger partial charge in [-0.3, -0.25) is 9.59 Å². The molecular weight excluding hydrogens is 360 g/mol. The van der Waals surface area contributed by atoms with Crippen LogP contribution in [-0.2, 0) is 29.2 Å². The molecule has 0 aliphatic carbocycles. The van der Waals surface area contributed by atoms with Gasteiger partial charge in [-0.25, -0.2) is 4.98 Å². The van der Waals surface area contributed by atoms with Crippen LogP contribution in [0.2, 0.25) is 0 Å². The van der Waals surface area contributed by atoms with E-state index in [0.29, 0.717) is 50.7 Å². The highest BCUT2D eigenvalue weighted by Gasteiger charge is 2.31. The van der Waals surface area contributed by atoms with Crippen LogP contribution in [0.25, 0.3) is 0 Å². The van der Waals surface area contributed by atoms with Crippen LogP contribution in [0, 0.1) is 0 Å². The smallest absolute Gasteiger partial charge is 0.271 e. The summed E-state index contributed by atoms with van der Waals surface area (Å²) in [5.41, 5.74) is 3.24. The van der Waals surface area contributed by atoms with Gasteiger partial charge in [0, 0.05) is 38.5 Å². The summed E-state index contributed by atoms with van der Waals surface area (Å²) in [5, 5.41) is 2.78. The van der Waals surface area contributed by atoms with Crippen LogP contribution in [0.3, 0.4) is 0 Å². The van der Waals surface area contributed by atoms with Crippen molar-refractivity contribution in [1.82, 2.24) is 19.8 Å². The van der Waals surface area contributed by atoms with Crippen molar-refractivity contribution in [3.8, 4) is 0 Å². The van der Waals surface area contributed by atoms with Crippen molar-refractivity contribution in [2.45, 2.75) is 32.7 Å². The lowest BCUT2D eigenvalue weighted by atomic mass is 10.0. The van der Waals surface area contributed by atoms with E-state index in [1.54, 1.807) is 13.3 Å². The molecule has 4 rings (SSSR count). The highest BCUT2D eigenvalue weighted by atomic mass is 16.5. The van der Waals surface area contributed by atoms with Crippen LogP contribution < -0.4 is 5.32 Å². The molecule has 1 aromatic heterocycles. The molecule has 1 atom stereocenters. The summed E-state index contributed by atoms with van der Waals surface area (Å²) in [4.78, 5) is 31.6. The van der Waals surface area contributed by atoms with Crippen molar-refractivity contribution in [3.05, 3.63) is 52.6 Å². The maximum Gasteiger partial charge on any atom is 0.271 e. The average Bonchev–Trinajstić information content (AvgIpc) is 3.34. The second-order valence-corrected chi connectivity index (χ2v) is 7.08. The summed E-state index contributed by atoms with van der Waals surface area (Å²) in [5.74, 6) is 0.464. The van der Waals surface area contributed by atoms with Crippen molar-refractivity contribution in [1.29, 1.82) is 0 Å². The molecule has 8 nitrogen and oxygen atoms in total. The Morgan fingerprint density at radius 1 is 1.29 bits per heavy atom. The standard InChI is InChI=1S/C20H24N4O4/c1-13-18-22-17(19(25)21-5-8-27-2)10-23(18)6-7-24(13)20(26)14-3-4-15-11-28-12-16(15)9-14/h3-4,9-10,13H,5-8,11-12H2,1-2H3,(H,21,25)/t13-/m0/s1. The lowest BCUT2D eigenvalue weighted by Gasteiger charge is -2.33. The minimum Gasteiger partial charge on any atom is -0.383 e. The van der Waals surface area contributed by atoms with Crippen LogP contribution in [0.4, 0.5) is 0 Å². The first-order chi connectivity index (χ1) is 13.6. The molecule has 0 radical (unpaired) electrons. The monoisotopic (exact) mass is 384 g/mol. The Morgan fingerprint density at radius 2 is 2.11 bits per heavy atom. The minimum atomic E-state index is -0.234. The predicted molar refractivity (Wildman–Crippen MR) is 101 cm³/mol. The number of amides is 2. The summed E-state index contributed by atoms with van der Waals surface area (Å²) >= 11 is 0. The number of rotatable bonds is 5. The highest BCUT2D eigenvalue weighted by molar-refractivity contribution is 5.95. The molecule has 0 fully saturated rings. The Hall–Kier alpha value is -2.71. The van der Waals surface area contributed by atoms with Gasteiger partial charge in [-0.05, 0) is 30.2 Å². The normalized spacial score (nSPS) is 17.9. The second kappa shape index (κ2) is 7.73. The van der Waals surface area contributed by atoms with Crippen LogP contribution in [0.5, 0.6) is 0 Å². The summed E-state index contributed by atoms with van der Waals surface area (Å²) in [6, 6.07) is 5.53. The Balaban J connectivity index is 1.50. The SMILES string of the molecule is COCCNC(=O)c1cn2c(n1)[C@H](C)N(C(=O)c1ccc3c(c1)COC3)CC2. The molecule has 2 aliphatic rings. The average molecular weight is 384 g/mol. The Kier molecular flexibility index (Phi) is 5.15. The van der Waals surface area contributed by atoms with Crippen molar-refractivity contribution in [2.75, 3.05) is 26.8 Å². The number of nitrogens with one attached hydrogen (secondary N) is 1. The highest BCUT2D eigenvalue weighted by Crippen LogP contribution is 2.28. The fourth-order valence-corrected chi connectivity index (χ4v) is 3.71. The van der Waals surface area contributed by atoms with Crippen molar-refractivity contribution in [3.63, 3.8) is 0 Å². The van der Waals surface area contributed by atoms with E-state index in [2.05, 4.69) is 10.3 Å². The van der Waals surface area contributed by atoms with Gasteiger partial charge >= 0.3 is 0 Å². The van der Waals surface area contributed by atoms with Crippen molar-refractivity contribution < 1.29 is 19.1 Å². The second-order valence-electron chi connectivity index (χ2n) is 7.08. The Labute approximate surface area is 163 Å². The van der Waals surface area contributed by atoms with Crippen molar-refractivity contribution >= 4 is 11.8 Å². The molecule has 8 heteroatoms. The molecule has 1 N–H and O–H groups in total. The third-order valence-electron chi connectivity index (χ3n) is 5.28. The van der Waals surface area contributed by atoms with Gasteiger partial charge in [0.25, 0.3) is 11.8 Å². The molecule has 2 amide bonds. The zero-order chi connectivity index (χ0) is 19.7. The molecule has 0 saturated heterocycles. The van der Waals surface area contributed by atoms with Gasteiger partial charge < -0.3 is 24.3 Å². The summed E-state index contributed by atoms with van der Waals surface area (Å²) < 4.78 is 12.3. The van der Waals surface area contributed by atoms with E-state index in [0.717, 1.165) is 17.0 Å². The third kappa shape index (κ3) is 3.41. The lowest BCUT2D eigenvalue weighted by Crippen LogP contribution is -2.41. The number of benzene rings is 1. The van der Waals surface area contributed by atoms with Crippen LogP contribution in [0.15, 0.2) is 24.4 Å². The summed E-state index contributed by atoms with van der Waals surface area (Å²) in [6.45, 7) is 5.16. The van der Waals surface area contributed by atoms with Gasteiger partial charge in [-0.2, -0.15) is 0 Å². The fraction of sp³-hybridized carbons (Fsp3) is 0.450. The van der Waals surface area contributed by atoms with E-state index in [9.17, 15) is 9.59 Å². The Bertz CT molecular complexity index is 908. The van der Waals surface area contributed by atoms with E-state index in [4.69, 9.17) is 9.47 Å². The third-order valence-corrected chi connectivity index (χ3v) is 5.28. The molecule has 0 bridgehead atoms. The Morgan fingerprint density at radius 3 is 2.93 bits per heavy atom. The first kappa shape index (κ1) is 18.6. The van der Waals surface area contributed by atoms with Crippen molar-refractivity contribution in [2.24, 2.45) is 0 Å². The van der Waals surface area contributed by atoms with Crippen LogP contribution in [0.1, 0.15) is 50.8 Å². The number of fused-ring (bicyclic) bond motifs is 2. The van der Waals surface area contributed by atoms with Gasteiger partial charge in [0.15, 0.2) is 0 Å². The first-order valence-electron chi connectivity index (χ1n) is 9.43. The maximum absolute atomic E-state index is 13.1. The van der Waals surface area contributed by atoms with E-state index < -0.39 is 0 Å². The largest absolute Gasteiger partial charge is 0.383 e. The van der Waals surface area contributed by atoms with E-state index >= 15 is 0 Å². The molecule has 148 valence electrons. The number of nitrogens with zero attached hydrogens (tertiary/aromatic N) is 3. The maximum atomic E-state index is 13.1. The summed E-state index contributed by atoms with van der Waals surface area (Å²) in [7, 11) is 1.59. The predicted octanol–water partition coefficient (Wildman–Crippen LogP) is 1.51. The molecule has 0 saturated carbocycles. The fourth-order valence-electron chi connectivity index (χ4n) is 3.71. The molecular formula is C20H24N4O4.